The molecule has 0 spiro atoms. The van der Waals surface area contributed by atoms with E-state index in [1.807, 2.05) is 0 Å². The molecule has 1 amide bonds. The summed E-state index contributed by atoms with van der Waals surface area (Å²) in [5.74, 6) is -7.52. The van der Waals surface area contributed by atoms with E-state index in [4.69, 9.17) is 18.9 Å². The van der Waals surface area contributed by atoms with Gasteiger partial charge in [0.25, 0.3) is 0 Å². The largest absolute Gasteiger partial charge is 0.479 e. The van der Waals surface area contributed by atoms with Gasteiger partial charge in [0.1, 0.15) is 59.7 Å². The molecule has 4 aromatic rings. The highest BCUT2D eigenvalue weighted by atomic mass is 32.2. The summed E-state index contributed by atoms with van der Waals surface area (Å²) in [6.45, 7) is 0. The van der Waals surface area contributed by atoms with Crippen molar-refractivity contribution in [1.29, 1.82) is 0 Å². The summed E-state index contributed by atoms with van der Waals surface area (Å²) in [6, 6.07) is 20.2. The third-order valence-electron chi connectivity index (χ3n) is 10.6. The Bertz CT molecular complexity index is 2460. The molecule has 0 aliphatic carbocycles. The van der Waals surface area contributed by atoms with Crippen LogP contribution in [0.15, 0.2) is 97.1 Å². The van der Waals surface area contributed by atoms with Gasteiger partial charge in [-0.25, -0.2) is 22.4 Å². The second kappa shape index (κ2) is 17.5. The van der Waals surface area contributed by atoms with E-state index in [2.05, 4.69) is 0 Å². The molecule has 62 heavy (non-hydrogen) atoms. The smallest absolute Gasteiger partial charge is 0.335 e. The van der Waals surface area contributed by atoms with Crippen molar-refractivity contribution in [2.45, 2.75) is 72.7 Å². The summed E-state index contributed by atoms with van der Waals surface area (Å²) in [7, 11) is -4.71. The van der Waals surface area contributed by atoms with Crippen LogP contribution in [0.4, 0.5) is 10.1 Å². The lowest BCUT2D eigenvalue weighted by Gasteiger charge is -2.47. The lowest BCUT2D eigenvalue weighted by atomic mass is 9.90. The second-order valence-corrected chi connectivity index (χ2v) is 16.8. The molecule has 6 unspecified atom stereocenters. The maximum atomic E-state index is 14.1. The number of Topliss-reactive ketones (excluding diaryl/α,β-unsaturated/α-hetero) is 1. The zero-order chi connectivity index (χ0) is 44.8. The van der Waals surface area contributed by atoms with E-state index in [9.17, 15) is 72.8 Å². The number of carboxylic acids is 2. The fourth-order valence-corrected chi connectivity index (χ4v) is 9.14. The standard InChI is InChI=1S/C41H38FNO18S/c42-21-12-9-18(10-13-21)25(44)17-62(56,57)36-27(43(37(36)51)22-6-2-1-3-7-22)24-14-11-20(16-26(24)59-41-33(50)29(46)31(48)35(61-41)39(54)55)19-5-4-8-23(15-19)58-40-32(49)28(45)30(47)34(60-40)38(52)53/h1-16,27-36,40-41,45-50H,17H2,(H,52,53)(H,54,55)/t27-,28+,29+,30?,31?,32?,33?,34?,35?,36-,40-,41-/m1/s1. The number of hydrogen-bond donors (Lipinski definition) is 8. The molecule has 12 atom stereocenters. The highest BCUT2D eigenvalue weighted by molar-refractivity contribution is 7.93. The van der Waals surface area contributed by atoms with Crippen molar-refractivity contribution in [2.24, 2.45) is 0 Å². The molecular formula is C41H38FNO18S. The van der Waals surface area contributed by atoms with Crippen LogP contribution in [-0.2, 0) is 33.7 Å². The van der Waals surface area contributed by atoms with Gasteiger partial charge in [-0.05, 0) is 65.7 Å². The zero-order valence-corrected chi connectivity index (χ0v) is 32.6. The maximum absolute atomic E-state index is 14.1. The average molecular weight is 884 g/mol. The van der Waals surface area contributed by atoms with E-state index < -0.39 is 118 Å². The number of carbonyl (C=O) groups is 4. The van der Waals surface area contributed by atoms with Crippen molar-refractivity contribution in [2.75, 3.05) is 10.7 Å². The lowest BCUT2D eigenvalue weighted by molar-refractivity contribution is -0.271. The molecule has 19 nitrogen and oxygen atoms in total. The van der Waals surface area contributed by atoms with Crippen molar-refractivity contribution >= 4 is 39.2 Å². The molecule has 7 rings (SSSR count). The number of benzene rings is 4. The van der Waals surface area contributed by atoms with Gasteiger partial charge in [0, 0.05) is 16.8 Å². The molecule has 21 heteroatoms. The molecule has 3 aliphatic rings. The molecular weight excluding hydrogens is 846 g/mol. The summed E-state index contributed by atoms with van der Waals surface area (Å²) in [5.41, 5.74) is 0.493. The quantitative estimate of drug-likeness (QED) is 0.0636. The van der Waals surface area contributed by atoms with E-state index in [-0.39, 0.29) is 39.4 Å². The number of β-lactam (4-membered cyclic amide) rings is 1. The molecule has 0 saturated carbocycles. The van der Waals surface area contributed by atoms with Gasteiger partial charge in [0.05, 0.1) is 6.04 Å². The molecule has 0 radical (unpaired) electrons. The van der Waals surface area contributed by atoms with Crippen LogP contribution in [0.25, 0.3) is 11.1 Å². The molecule has 328 valence electrons. The fraction of sp³-hybridized carbons (Fsp3) is 0.317. The van der Waals surface area contributed by atoms with Crippen molar-refractivity contribution in [3.8, 4) is 22.6 Å². The number of ketones is 1. The fourth-order valence-electron chi connectivity index (χ4n) is 7.35. The predicted octanol–water partition coefficient (Wildman–Crippen LogP) is -0.211. The molecule has 3 fully saturated rings. The Morgan fingerprint density at radius 3 is 1.81 bits per heavy atom. The first-order chi connectivity index (χ1) is 29.4. The van der Waals surface area contributed by atoms with Crippen molar-refractivity contribution < 1.29 is 91.8 Å². The van der Waals surface area contributed by atoms with Gasteiger partial charge >= 0.3 is 11.9 Å². The SMILES string of the molecule is O=C(CS(=O)(=O)[C@H]1C(=O)N(c2ccccc2)[C@@H]1c1ccc(-c2cccc(O[C@@H]3OC(C(=O)O)C(O)[C@H](O)C3O)c2)cc1O[C@@H]1OC(C(=O)O)C(O)[C@H](O)C1O)c1ccc(F)cc1. The third kappa shape index (κ3) is 8.49. The van der Waals surface area contributed by atoms with Crippen LogP contribution in [0.3, 0.4) is 0 Å². The van der Waals surface area contributed by atoms with Crippen LogP contribution in [-0.4, -0.2) is 145 Å². The van der Waals surface area contributed by atoms with Gasteiger partial charge in [0.15, 0.2) is 33.1 Å². The normalized spacial score (nSPS) is 29.9. The van der Waals surface area contributed by atoms with E-state index in [1.165, 1.54) is 54.6 Å². The minimum absolute atomic E-state index is 0.0601. The minimum atomic E-state index is -4.71. The second-order valence-electron chi connectivity index (χ2n) is 14.6. The average Bonchev–Trinajstić information content (AvgIpc) is 3.23. The number of aliphatic hydroxyl groups excluding tert-OH is 6. The molecule has 0 bridgehead atoms. The first-order valence-electron chi connectivity index (χ1n) is 18.7. The number of amides is 1. The Labute approximate surface area is 350 Å². The van der Waals surface area contributed by atoms with Crippen molar-refractivity contribution in [1.82, 2.24) is 0 Å². The van der Waals surface area contributed by atoms with Crippen LogP contribution in [0.2, 0.25) is 0 Å². The van der Waals surface area contributed by atoms with Crippen molar-refractivity contribution in [3.63, 3.8) is 0 Å². The molecule has 8 N–H and O–H groups in total. The first kappa shape index (κ1) is 44.2. The number of anilines is 1. The third-order valence-corrected chi connectivity index (χ3v) is 12.5. The molecule has 3 heterocycles. The number of hydrogen-bond acceptors (Lipinski definition) is 16. The first-order valence-corrected chi connectivity index (χ1v) is 20.4. The van der Waals surface area contributed by atoms with E-state index in [0.29, 0.717) is 0 Å². The van der Waals surface area contributed by atoms with Gasteiger partial charge in [-0.2, -0.15) is 0 Å². The topological polar surface area (TPSA) is 304 Å². The molecule has 3 aliphatic heterocycles. The van der Waals surface area contributed by atoms with E-state index in [0.717, 1.165) is 29.2 Å². The summed E-state index contributed by atoms with van der Waals surface area (Å²) in [5, 5.41) is 79.9. The van der Waals surface area contributed by atoms with Gasteiger partial charge in [-0.3, -0.25) is 9.59 Å². The number of carboxylic acid groups (broad SMARTS) is 2. The number of sulfone groups is 1. The summed E-state index contributed by atoms with van der Waals surface area (Å²) in [4.78, 5) is 51.9. The minimum Gasteiger partial charge on any atom is -0.479 e. The number of carbonyl (C=O) groups excluding carboxylic acids is 2. The maximum Gasteiger partial charge on any atom is 0.335 e. The van der Waals surface area contributed by atoms with Crippen LogP contribution in [0.1, 0.15) is 22.0 Å². The summed E-state index contributed by atoms with van der Waals surface area (Å²) < 4.78 is 64.2. The lowest BCUT2D eigenvalue weighted by Crippen LogP contribution is -2.63. The predicted molar refractivity (Wildman–Crippen MR) is 207 cm³/mol. The van der Waals surface area contributed by atoms with Gasteiger partial charge in [-0.1, -0.05) is 42.5 Å². The monoisotopic (exact) mass is 883 g/mol. The number of para-hydroxylation sites is 1. The summed E-state index contributed by atoms with van der Waals surface area (Å²) >= 11 is 0. The van der Waals surface area contributed by atoms with Crippen LogP contribution >= 0.6 is 0 Å². The number of nitrogens with zero attached hydrogens (tertiary/aromatic N) is 1. The van der Waals surface area contributed by atoms with Crippen molar-refractivity contribution in [3.05, 3.63) is 114 Å². The number of rotatable bonds is 13. The Balaban J connectivity index is 1.30. The summed E-state index contributed by atoms with van der Waals surface area (Å²) in [6.07, 6.45) is -20.1. The molecule has 4 aromatic carbocycles. The Morgan fingerprint density at radius 2 is 1.23 bits per heavy atom. The molecule has 3 saturated heterocycles. The van der Waals surface area contributed by atoms with E-state index in [1.54, 1.807) is 18.2 Å². The van der Waals surface area contributed by atoms with Gasteiger partial charge < -0.3 is 64.7 Å². The Kier molecular flexibility index (Phi) is 12.5. The number of aliphatic hydroxyl groups is 6. The zero-order valence-electron chi connectivity index (χ0n) is 31.8. The van der Waals surface area contributed by atoms with E-state index >= 15 is 0 Å². The number of halogens is 1. The molecule has 0 aromatic heterocycles. The van der Waals surface area contributed by atoms with Gasteiger partial charge in [0.2, 0.25) is 18.5 Å². The van der Waals surface area contributed by atoms with Crippen LogP contribution in [0.5, 0.6) is 11.5 Å². The number of ether oxygens (including phenoxy) is 4. The van der Waals surface area contributed by atoms with Crippen LogP contribution < -0.4 is 14.4 Å². The highest BCUT2D eigenvalue weighted by Crippen LogP contribution is 2.47. The van der Waals surface area contributed by atoms with Gasteiger partial charge in [-0.15, -0.1) is 0 Å². The number of aliphatic carboxylic acids is 2. The highest BCUT2D eigenvalue weighted by Gasteiger charge is 2.57. The Morgan fingerprint density at radius 1 is 0.661 bits per heavy atom. The van der Waals surface area contributed by atoms with Crippen LogP contribution in [0, 0.1) is 5.82 Å². The Hall–Kier alpha value is -5.88.